The molecule has 1 N–H and O–H groups in total. The maximum absolute atomic E-state index is 10.2. The average Bonchev–Trinajstić information content (AvgIpc) is 2.84. The first-order valence-corrected chi connectivity index (χ1v) is 6.36. The second kappa shape index (κ2) is 4.97. The summed E-state index contributed by atoms with van der Waals surface area (Å²) >= 11 is 0. The van der Waals surface area contributed by atoms with Gasteiger partial charge in [0.05, 0.1) is 19.3 Å². The second-order valence-corrected chi connectivity index (χ2v) is 4.99. The minimum absolute atomic E-state index is 0.0514. The third-order valence-corrected chi connectivity index (χ3v) is 3.69. The van der Waals surface area contributed by atoms with Gasteiger partial charge in [0.15, 0.2) is 6.29 Å². The molecule has 2 fully saturated rings. The molecule has 18 heavy (non-hydrogen) atoms. The second-order valence-electron chi connectivity index (χ2n) is 4.99. The van der Waals surface area contributed by atoms with Crippen molar-refractivity contribution in [3.05, 3.63) is 35.9 Å². The Bertz CT molecular complexity index is 394. The van der Waals surface area contributed by atoms with Crippen LogP contribution in [0.1, 0.15) is 12.5 Å². The van der Waals surface area contributed by atoms with Gasteiger partial charge in [-0.15, -0.1) is 0 Å². The molecule has 2 aliphatic heterocycles. The van der Waals surface area contributed by atoms with Crippen molar-refractivity contribution in [2.75, 3.05) is 6.61 Å². The molecule has 0 saturated carbocycles. The van der Waals surface area contributed by atoms with E-state index in [4.69, 9.17) is 14.2 Å². The molecule has 3 rings (SSSR count). The van der Waals surface area contributed by atoms with Gasteiger partial charge >= 0.3 is 0 Å². The van der Waals surface area contributed by atoms with Gasteiger partial charge in [0.2, 0.25) is 0 Å². The molecule has 0 radical (unpaired) electrons. The Morgan fingerprint density at radius 2 is 2.11 bits per heavy atom. The topological polar surface area (TPSA) is 47.9 Å². The van der Waals surface area contributed by atoms with Crippen LogP contribution in [0.25, 0.3) is 0 Å². The smallest absolute Gasteiger partial charge is 0.163 e. The van der Waals surface area contributed by atoms with Crippen LogP contribution in [0.5, 0.6) is 0 Å². The lowest BCUT2D eigenvalue weighted by Crippen LogP contribution is -2.50. The minimum atomic E-state index is -0.528. The lowest BCUT2D eigenvalue weighted by molar-refractivity contribution is -0.214. The molecular weight excluding hydrogens is 232 g/mol. The monoisotopic (exact) mass is 250 g/mol. The Morgan fingerprint density at radius 3 is 2.89 bits per heavy atom. The van der Waals surface area contributed by atoms with Crippen molar-refractivity contribution in [3.8, 4) is 0 Å². The maximum atomic E-state index is 10.2. The van der Waals surface area contributed by atoms with E-state index in [1.54, 1.807) is 0 Å². The third kappa shape index (κ3) is 2.17. The first kappa shape index (κ1) is 12.1. The molecule has 0 spiro atoms. The van der Waals surface area contributed by atoms with Crippen molar-refractivity contribution in [1.29, 1.82) is 0 Å². The number of aliphatic hydroxyl groups excluding tert-OH is 1. The van der Waals surface area contributed by atoms with Gasteiger partial charge in [-0.05, 0) is 5.56 Å². The molecule has 1 aromatic carbocycles. The summed E-state index contributed by atoms with van der Waals surface area (Å²) in [5.41, 5.74) is 1.10. The largest absolute Gasteiger partial charge is 0.390 e. The number of rotatable bonds is 3. The fourth-order valence-corrected chi connectivity index (χ4v) is 2.54. The average molecular weight is 250 g/mol. The first-order chi connectivity index (χ1) is 8.75. The van der Waals surface area contributed by atoms with Crippen LogP contribution in [-0.4, -0.2) is 36.3 Å². The number of aliphatic hydroxyl groups is 1. The van der Waals surface area contributed by atoms with Crippen LogP contribution in [-0.2, 0) is 20.8 Å². The van der Waals surface area contributed by atoms with E-state index in [1.807, 2.05) is 37.3 Å². The van der Waals surface area contributed by atoms with Gasteiger partial charge in [0.1, 0.15) is 12.2 Å². The minimum Gasteiger partial charge on any atom is -0.390 e. The molecule has 0 unspecified atom stereocenters. The van der Waals surface area contributed by atoms with Crippen LogP contribution in [0.3, 0.4) is 0 Å². The highest BCUT2D eigenvalue weighted by Crippen LogP contribution is 2.34. The van der Waals surface area contributed by atoms with E-state index < -0.39 is 6.10 Å². The molecule has 0 aromatic heterocycles. The highest BCUT2D eigenvalue weighted by Gasteiger charge is 2.48. The quantitative estimate of drug-likeness (QED) is 0.879. The fraction of sp³-hybridized carbons (Fsp3) is 0.571. The summed E-state index contributed by atoms with van der Waals surface area (Å²) in [5, 5.41) is 10.2. The number of ether oxygens (including phenoxy) is 3. The molecule has 5 atom stereocenters. The van der Waals surface area contributed by atoms with Crippen LogP contribution in [0.2, 0.25) is 0 Å². The lowest BCUT2D eigenvalue weighted by atomic mass is 9.94. The molecule has 0 amide bonds. The van der Waals surface area contributed by atoms with E-state index in [0.29, 0.717) is 13.2 Å². The van der Waals surface area contributed by atoms with Gasteiger partial charge in [-0.1, -0.05) is 37.3 Å². The van der Waals surface area contributed by atoms with E-state index >= 15 is 0 Å². The van der Waals surface area contributed by atoms with E-state index in [9.17, 15) is 5.11 Å². The predicted molar refractivity (Wildman–Crippen MR) is 64.8 cm³/mol. The third-order valence-electron chi connectivity index (χ3n) is 3.69. The number of benzene rings is 1. The summed E-state index contributed by atoms with van der Waals surface area (Å²) < 4.78 is 17.0. The van der Waals surface area contributed by atoms with E-state index in [2.05, 4.69) is 0 Å². The SMILES string of the molecule is C[C@H]1[C@@H]2OC[C@@H](O2)[C@@H](OCc2ccccc2)[C@@H]1O. The molecule has 98 valence electrons. The summed E-state index contributed by atoms with van der Waals surface area (Å²) in [5.74, 6) is -0.0514. The van der Waals surface area contributed by atoms with Gasteiger partial charge in [-0.2, -0.15) is 0 Å². The number of fused-ring (bicyclic) bond motifs is 2. The van der Waals surface area contributed by atoms with E-state index in [1.165, 1.54) is 0 Å². The molecular formula is C14H18O4. The molecule has 2 heterocycles. The van der Waals surface area contributed by atoms with Crippen molar-refractivity contribution >= 4 is 0 Å². The molecule has 0 aliphatic carbocycles. The standard InChI is InChI=1S/C14H18O4/c1-9-12(15)13(11-8-17-14(9)18-11)16-7-10-5-3-2-4-6-10/h2-6,9,11-15H,7-8H2,1H3/t9-,11-,12-,13-,14-/m1/s1. The molecule has 1 aromatic rings. The summed E-state index contributed by atoms with van der Waals surface area (Å²) in [6, 6.07) is 9.94. The Kier molecular flexibility index (Phi) is 3.35. The molecule has 2 saturated heterocycles. The van der Waals surface area contributed by atoms with Gasteiger partial charge in [-0.3, -0.25) is 0 Å². The van der Waals surface area contributed by atoms with Crippen molar-refractivity contribution in [2.24, 2.45) is 5.92 Å². The zero-order valence-corrected chi connectivity index (χ0v) is 10.4. The van der Waals surface area contributed by atoms with Crippen LogP contribution in [0.15, 0.2) is 30.3 Å². The molecule has 2 bridgehead atoms. The van der Waals surface area contributed by atoms with E-state index in [-0.39, 0.29) is 24.4 Å². The number of hydrogen-bond donors (Lipinski definition) is 1. The molecule has 2 aliphatic rings. The first-order valence-electron chi connectivity index (χ1n) is 6.36. The van der Waals surface area contributed by atoms with Crippen molar-refractivity contribution < 1.29 is 19.3 Å². The van der Waals surface area contributed by atoms with Crippen LogP contribution in [0.4, 0.5) is 0 Å². The van der Waals surface area contributed by atoms with E-state index in [0.717, 1.165) is 5.56 Å². The highest BCUT2D eigenvalue weighted by molar-refractivity contribution is 5.13. The van der Waals surface area contributed by atoms with Gasteiger partial charge < -0.3 is 19.3 Å². The highest BCUT2D eigenvalue weighted by atomic mass is 16.7. The fourth-order valence-electron chi connectivity index (χ4n) is 2.54. The molecule has 4 heteroatoms. The zero-order chi connectivity index (χ0) is 12.5. The van der Waals surface area contributed by atoms with Gasteiger partial charge in [0.25, 0.3) is 0 Å². The van der Waals surface area contributed by atoms with Crippen LogP contribution >= 0.6 is 0 Å². The predicted octanol–water partition coefficient (Wildman–Crippen LogP) is 1.32. The molecule has 4 nitrogen and oxygen atoms in total. The Morgan fingerprint density at radius 1 is 1.33 bits per heavy atom. The van der Waals surface area contributed by atoms with Crippen molar-refractivity contribution in [2.45, 2.75) is 38.1 Å². The number of hydrogen-bond acceptors (Lipinski definition) is 4. The van der Waals surface area contributed by atoms with Crippen LogP contribution < -0.4 is 0 Å². The van der Waals surface area contributed by atoms with Gasteiger partial charge in [-0.25, -0.2) is 0 Å². The van der Waals surface area contributed by atoms with Crippen LogP contribution in [0, 0.1) is 5.92 Å². The van der Waals surface area contributed by atoms with Crippen molar-refractivity contribution in [3.63, 3.8) is 0 Å². The summed E-state index contributed by atoms with van der Waals surface area (Å²) in [7, 11) is 0. The Hall–Kier alpha value is -0.940. The van der Waals surface area contributed by atoms with Gasteiger partial charge in [0, 0.05) is 5.92 Å². The summed E-state index contributed by atoms with van der Waals surface area (Å²) in [6.45, 7) is 2.92. The summed E-state index contributed by atoms with van der Waals surface area (Å²) in [6.07, 6.45) is -1.26. The van der Waals surface area contributed by atoms with Crippen molar-refractivity contribution in [1.82, 2.24) is 0 Å². The normalized spacial score (nSPS) is 38.9. The lowest BCUT2D eigenvalue weighted by Gasteiger charge is -2.36. The Labute approximate surface area is 106 Å². The summed E-state index contributed by atoms with van der Waals surface area (Å²) in [4.78, 5) is 0. The maximum Gasteiger partial charge on any atom is 0.163 e. The zero-order valence-electron chi connectivity index (χ0n) is 10.4. The Balaban J connectivity index is 1.65.